The zero-order valence-corrected chi connectivity index (χ0v) is 15.1. The fraction of sp³-hybridized carbons (Fsp3) is 0.579. The van der Waals surface area contributed by atoms with Crippen molar-refractivity contribution in [2.45, 2.75) is 46.6 Å². The SMILES string of the molecule is CCNC(=NCc1ccc(C)cc1C)N1CCCC(CC(N)=O)C1. The first-order chi connectivity index (χ1) is 11.5. The molecule has 0 bridgehead atoms. The van der Waals surface area contributed by atoms with Crippen LogP contribution in [0, 0.1) is 19.8 Å². The number of benzene rings is 1. The Hall–Kier alpha value is -2.04. The van der Waals surface area contributed by atoms with Crippen LogP contribution >= 0.6 is 0 Å². The van der Waals surface area contributed by atoms with E-state index in [0.717, 1.165) is 38.4 Å². The quantitative estimate of drug-likeness (QED) is 0.643. The average molecular weight is 330 g/mol. The van der Waals surface area contributed by atoms with Gasteiger partial charge in [0, 0.05) is 26.1 Å². The van der Waals surface area contributed by atoms with Crippen molar-refractivity contribution < 1.29 is 4.79 Å². The molecule has 1 aliphatic heterocycles. The lowest BCUT2D eigenvalue weighted by atomic mass is 9.95. The van der Waals surface area contributed by atoms with Crippen molar-refractivity contribution in [1.29, 1.82) is 0 Å². The average Bonchev–Trinajstić information content (AvgIpc) is 2.52. The number of guanidine groups is 1. The number of nitrogens with one attached hydrogen (secondary N) is 1. The predicted molar refractivity (Wildman–Crippen MR) is 98.8 cm³/mol. The molecule has 24 heavy (non-hydrogen) atoms. The predicted octanol–water partition coefficient (Wildman–Crippen LogP) is 2.36. The molecule has 1 amide bonds. The maximum atomic E-state index is 11.2. The Balaban J connectivity index is 2.08. The molecule has 0 saturated carbocycles. The van der Waals surface area contributed by atoms with Crippen molar-refractivity contribution >= 4 is 11.9 Å². The number of rotatable bonds is 5. The molecule has 0 spiro atoms. The second kappa shape index (κ2) is 8.71. The summed E-state index contributed by atoms with van der Waals surface area (Å²) in [5.41, 5.74) is 9.17. The van der Waals surface area contributed by atoms with Gasteiger partial charge < -0.3 is 16.0 Å². The molecule has 0 aromatic heterocycles. The number of carbonyl (C=O) groups excluding carboxylic acids is 1. The molecule has 3 N–H and O–H groups in total. The van der Waals surface area contributed by atoms with Crippen molar-refractivity contribution in [3.05, 3.63) is 34.9 Å². The van der Waals surface area contributed by atoms with Crippen molar-refractivity contribution in [3.63, 3.8) is 0 Å². The topological polar surface area (TPSA) is 70.7 Å². The maximum absolute atomic E-state index is 11.2. The molecule has 1 aliphatic rings. The van der Waals surface area contributed by atoms with Gasteiger partial charge in [-0.3, -0.25) is 4.79 Å². The van der Waals surface area contributed by atoms with Gasteiger partial charge in [-0.15, -0.1) is 0 Å². The third-order valence-corrected chi connectivity index (χ3v) is 4.54. The first-order valence-corrected chi connectivity index (χ1v) is 8.87. The summed E-state index contributed by atoms with van der Waals surface area (Å²) < 4.78 is 0. The first kappa shape index (κ1) is 18.3. The second-order valence-corrected chi connectivity index (χ2v) is 6.72. The van der Waals surface area contributed by atoms with Gasteiger partial charge in [-0.2, -0.15) is 0 Å². The van der Waals surface area contributed by atoms with Crippen LogP contribution < -0.4 is 11.1 Å². The third-order valence-electron chi connectivity index (χ3n) is 4.54. The van der Waals surface area contributed by atoms with Crippen LogP contribution in [0.2, 0.25) is 0 Å². The fourth-order valence-corrected chi connectivity index (χ4v) is 3.32. The van der Waals surface area contributed by atoms with Gasteiger partial charge in [0.1, 0.15) is 0 Å². The van der Waals surface area contributed by atoms with Crippen molar-refractivity contribution in [1.82, 2.24) is 10.2 Å². The zero-order chi connectivity index (χ0) is 17.5. The largest absolute Gasteiger partial charge is 0.370 e. The van der Waals surface area contributed by atoms with Crippen LogP contribution in [-0.4, -0.2) is 36.4 Å². The van der Waals surface area contributed by atoms with Gasteiger partial charge in [-0.1, -0.05) is 23.8 Å². The monoisotopic (exact) mass is 330 g/mol. The minimum atomic E-state index is -0.209. The number of hydrogen-bond donors (Lipinski definition) is 2. The van der Waals surface area contributed by atoms with E-state index in [1.54, 1.807) is 0 Å². The summed E-state index contributed by atoms with van der Waals surface area (Å²) in [6, 6.07) is 6.49. The van der Waals surface area contributed by atoms with Crippen LogP contribution in [0.15, 0.2) is 23.2 Å². The standard InChI is InChI=1S/C19H30N4O/c1-4-21-19(22-12-17-8-7-14(2)10-15(17)3)23-9-5-6-16(13-23)11-18(20)24/h7-8,10,16H,4-6,9,11-13H2,1-3H3,(H2,20,24)(H,21,22). The summed E-state index contributed by atoms with van der Waals surface area (Å²) in [7, 11) is 0. The number of piperidine rings is 1. The maximum Gasteiger partial charge on any atom is 0.217 e. The van der Waals surface area contributed by atoms with Crippen molar-refractivity contribution in [2.75, 3.05) is 19.6 Å². The molecule has 1 aromatic carbocycles. The Morgan fingerprint density at radius 1 is 1.42 bits per heavy atom. The highest BCUT2D eigenvalue weighted by molar-refractivity contribution is 5.80. The van der Waals surface area contributed by atoms with Gasteiger partial charge in [0.05, 0.1) is 6.54 Å². The van der Waals surface area contributed by atoms with Crippen LogP contribution in [-0.2, 0) is 11.3 Å². The van der Waals surface area contributed by atoms with Gasteiger partial charge >= 0.3 is 0 Å². The third kappa shape index (κ3) is 5.25. The molecule has 0 aliphatic carbocycles. The van der Waals surface area contributed by atoms with E-state index in [1.807, 2.05) is 0 Å². The summed E-state index contributed by atoms with van der Waals surface area (Å²) in [6.07, 6.45) is 2.61. The molecule has 1 aromatic rings. The number of primary amides is 1. The molecule has 132 valence electrons. The van der Waals surface area contributed by atoms with Crippen LogP contribution in [0.4, 0.5) is 0 Å². The Labute approximate surface area is 145 Å². The highest BCUT2D eigenvalue weighted by Gasteiger charge is 2.23. The van der Waals surface area contributed by atoms with Crippen LogP contribution in [0.3, 0.4) is 0 Å². The minimum Gasteiger partial charge on any atom is -0.370 e. The number of likely N-dealkylation sites (tertiary alicyclic amines) is 1. The summed E-state index contributed by atoms with van der Waals surface area (Å²) in [4.78, 5) is 18.3. The molecule has 5 heteroatoms. The van der Waals surface area contributed by atoms with Gasteiger partial charge in [-0.25, -0.2) is 4.99 Å². The molecule has 1 atom stereocenters. The van der Waals surface area contributed by atoms with Crippen molar-refractivity contribution in [2.24, 2.45) is 16.6 Å². The Bertz CT molecular complexity index is 597. The lowest BCUT2D eigenvalue weighted by Crippen LogP contribution is -2.47. The van der Waals surface area contributed by atoms with E-state index in [-0.39, 0.29) is 5.91 Å². The summed E-state index contributed by atoms with van der Waals surface area (Å²) >= 11 is 0. The molecule has 1 fully saturated rings. The lowest BCUT2D eigenvalue weighted by Gasteiger charge is -2.34. The summed E-state index contributed by atoms with van der Waals surface area (Å²) in [5, 5.41) is 3.39. The fourth-order valence-electron chi connectivity index (χ4n) is 3.32. The van der Waals surface area contributed by atoms with E-state index in [4.69, 9.17) is 10.7 Å². The number of amides is 1. The number of carbonyl (C=O) groups is 1. The number of hydrogen-bond acceptors (Lipinski definition) is 2. The van der Waals surface area contributed by atoms with Crippen LogP contribution in [0.5, 0.6) is 0 Å². The number of aryl methyl sites for hydroxylation is 2. The number of aliphatic imine (C=N–C) groups is 1. The van der Waals surface area contributed by atoms with E-state index in [2.05, 4.69) is 49.2 Å². The number of nitrogens with two attached hydrogens (primary N) is 1. The minimum absolute atomic E-state index is 0.209. The number of nitrogens with zero attached hydrogens (tertiary/aromatic N) is 2. The van der Waals surface area contributed by atoms with Gasteiger partial charge in [-0.05, 0) is 50.7 Å². The highest BCUT2D eigenvalue weighted by Crippen LogP contribution is 2.20. The van der Waals surface area contributed by atoms with Crippen LogP contribution in [0.1, 0.15) is 42.9 Å². The Morgan fingerprint density at radius 3 is 2.88 bits per heavy atom. The molecule has 1 saturated heterocycles. The zero-order valence-electron chi connectivity index (χ0n) is 15.1. The molecular formula is C19H30N4O. The molecule has 1 unspecified atom stereocenters. The van der Waals surface area contributed by atoms with E-state index >= 15 is 0 Å². The summed E-state index contributed by atoms with van der Waals surface area (Å²) in [6.45, 7) is 9.66. The van der Waals surface area contributed by atoms with E-state index in [1.165, 1.54) is 16.7 Å². The Kier molecular flexibility index (Phi) is 6.64. The van der Waals surface area contributed by atoms with E-state index < -0.39 is 0 Å². The van der Waals surface area contributed by atoms with Crippen LogP contribution in [0.25, 0.3) is 0 Å². The highest BCUT2D eigenvalue weighted by atomic mass is 16.1. The Morgan fingerprint density at radius 2 is 2.21 bits per heavy atom. The molecule has 1 heterocycles. The molecule has 2 rings (SSSR count). The van der Waals surface area contributed by atoms with Gasteiger partial charge in [0.15, 0.2) is 5.96 Å². The van der Waals surface area contributed by atoms with Gasteiger partial charge in [0.25, 0.3) is 0 Å². The molecule has 0 radical (unpaired) electrons. The molecular weight excluding hydrogens is 300 g/mol. The second-order valence-electron chi connectivity index (χ2n) is 6.72. The van der Waals surface area contributed by atoms with Crippen molar-refractivity contribution in [3.8, 4) is 0 Å². The van der Waals surface area contributed by atoms with E-state index in [9.17, 15) is 4.79 Å². The summed E-state index contributed by atoms with van der Waals surface area (Å²) in [5.74, 6) is 1.06. The normalized spacial score (nSPS) is 18.5. The molecule has 5 nitrogen and oxygen atoms in total. The smallest absolute Gasteiger partial charge is 0.217 e. The van der Waals surface area contributed by atoms with E-state index in [0.29, 0.717) is 18.9 Å². The first-order valence-electron chi connectivity index (χ1n) is 8.87. The van der Waals surface area contributed by atoms with Gasteiger partial charge in [0.2, 0.25) is 5.91 Å². The lowest BCUT2D eigenvalue weighted by molar-refractivity contribution is -0.119.